The summed E-state index contributed by atoms with van der Waals surface area (Å²) in [6.07, 6.45) is -2.27. The Hall–Kier alpha value is -0.850. The van der Waals surface area contributed by atoms with Gasteiger partial charge in [-0.1, -0.05) is 0 Å². The first-order valence-corrected chi connectivity index (χ1v) is 5.09. The van der Waals surface area contributed by atoms with Crippen molar-refractivity contribution in [3.05, 3.63) is 0 Å². The number of piperidine rings is 1. The topological polar surface area (TPSA) is 41.1 Å². The number of alkyl halides is 4. The normalized spacial score (nSPS) is 22.2. The zero-order valence-electron chi connectivity index (χ0n) is 8.61. The van der Waals surface area contributed by atoms with Gasteiger partial charge in [-0.3, -0.25) is 4.79 Å². The predicted octanol–water partition coefficient (Wildman–Crippen LogP) is 1.00. The molecule has 0 spiro atoms. The summed E-state index contributed by atoms with van der Waals surface area (Å²) in [4.78, 5) is 10.8. The summed E-state index contributed by atoms with van der Waals surface area (Å²) in [6, 6.07) is 0. The van der Waals surface area contributed by atoms with Crippen molar-refractivity contribution in [2.24, 2.45) is 5.92 Å². The molecule has 0 radical (unpaired) electrons. The molecule has 1 unspecified atom stereocenters. The Labute approximate surface area is 90.6 Å². The summed E-state index contributed by atoms with van der Waals surface area (Å²) in [5, 5.41) is 4.90. The van der Waals surface area contributed by atoms with Crippen LogP contribution in [-0.2, 0) is 4.79 Å². The molecule has 7 heteroatoms. The van der Waals surface area contributed by atoms with E-state index in [-0.39, 0.29) is 12.5 Å². The molecule has 0 aromatic heterocycles. The number of hydrogen-bond acceptors (Lipinski definition) is 2. The van der Waals surface area contributed by atoms with E-state index in [0.717, 1.165) is 19.4 Å². The number of carbonyl (C=O) groups is 1. The number of rotatable bonds is 4. The van der Waals surface area contributed by atoms with E-state index in [1.807, 2.05) is 5.32 Å². The van der Waals surface area contributed by atoms with Gasteiger partial charge in [-0.2, -0.15) is 8.78 Å². The van der Waals surface area contributed by atoms with E-state index in [9.17, 15) is 22.4 Å². The molecule has 94 valence electrons. The van der Waals surface area contributed by atoms with E-state index in [0.29, 0.717) is 6.54 Å². The molecule has 0 saturated carbocycles. The Morgan fingerprint density at radius 2 is 2.19 bits per heavy atom. The van der Waals surface area contributed by atoms with Gasteiger partial charge in [0.1, 0.15) is 0 Å². The van der Waals surface area contributed by atoms with Crippen LogP contribution in [0.5, 0.6) is 0 Å². The first-order chi connectivity index (χ1) is 7.44. The summed E-state index contributed by atoms with van der Waals surface area (Å²) in [5.74, 6) is -6.46. The number of nitrogens with one attached hydrogen (secondary N) is 2. The second-order valence-electron chi connectivity index (χ2n) is 3.85. The second-order valence-corrected chi connectivity index (χ2v) is 3.85. The van der Waals surface area contributed by atoms with E-state index in [2.05, 4.69) is 5.32 Å². The fraction of sp³-hybridized carbons (Fsp3) is 0.889. The van der Waals surface area contributed by atoms with Crippen molar-refractivity contribution in [2.45, 2.75) is 25.2 Å². The molecule has 1 rings (SSSR count). The lowest BCUT2D eigenvalue weighted by molar-refractivity contribution is -0.169. The van der Waals surface area contributed by atoms with Crippen molar-refractivity contribution in [2.75, 3.05) is 19.6 Å². The van der Waals surface area contributed by atoms with Gasteiger partial charge in [0.2, 0.25) is 0 Å². The SMILES string of the molecule is O=C(NCC1CCCNC1)C(F)(F)C(F)F. The highest BCUT2D eigenvalue weighted by Crippen LogP contribution is 2.22. The van der Waals surface area contributed by atoms with Crippen molar-refractivity contribution in [3.63, 3.8) is 0 Å². The van der Waals surface area contributed by atoms with E-state index < -0.39 is 18.3 Å². The molecule has 1 aliphatic rings. The zero-order valence-corrected chi connectivity index (χ0v) is 8.61. The third kappa shape index (κ3) is 3.33. The molecule has 1 fully saturated rings. The third-order valence-electron chi connectivity index (χ3n) is 2.53. The number of carbonyl (C=O) groups excluding carboxylic acids is 1. The summed E-state index contributed by atoms with van der Waals surface area (Å²) in [6.45, 7) is 1.48. The van der Waals surface area contributed by atoms with Crippen LogP contribution >= 0.6 is 0 Å². The average molecular weight is 242 g/mol. The zero-order chi connectivity index (χ0) is 12.2. The van der Waals surface area contributed by atoms with Crippen LogP contribution in [0.25, 0.3) is 0 Å². The van der Waals surface area contributed by atoms with E-state index >= 15 is 0 Å². The first-order valence-electron chi connectivity index (χ1n) is 5.09. The smallest absolute Gasteiger partial charge is 0.350 e. The van der Waals surface area contributed by atoms with Gasteiger partial charge in [-0.05, 0) is 31.8 Å². The number of halogens is 4. The Morgan fingerprint density at radius 3 is 2.69 bits per heavy atom. The van der Waals surface area contributed by atoms with Crippen LogP contribution in [0.1, 0.15) is 12.8 Å². The minimum atomic E-state index is -4.60. The van der Waals surface area contributed by atoms with Crippen molar-refractivity contribution in [3.8, 4) is 0 Å². The predicted molar refractivity (Wildman–Crippen MR) is 49.6 cm³/mol. The lowest BCUT2D eigenvalue weighted by Crippen LogP contribution is -2.48. The van der Waals surface area contributed by atoms with Gasteiger partial charge in [0.15, 0.2) is 0 Å². The van der Waals surface area contributed by atoms with Crippen molar-refractivity contribution in [1.82, 2.24) is 10.6 Å². The lowest BCUT2D eigenvalue weighted by atomic mass is 10.00. The van der Waals surface area contributed by atoms with Crippen LogP contribution in [0.2, 0.25) is 0 Å². The van der Waals surface area contributed by atoms with Crippen molar-refractivity contribution in [1.29, 1.82) is 0 Å². The molecular formula is C9H14F4N2O. The van der Waals surface area contributed by atoms with Crippen LogP contribution in [0.3, 0.4) is 0 Å². The van der Waals surface area contributed by atoms with Crippen LogP contribution in [0.4, 0.5) is 17.6 Å². The minimum Gasteiger partial charge on any atom is -0.350 e. The molecule has 0 aromatic carbocycles. The van der Waals surface area contributed by atoms with Gasteiger partial charge < -0.3 is 10.6 Å². The lowest BCUT2D eigenvalue weighted by Gasteiger charge is -2.24. The first kappa shape index (κ1) is 13.2. The van der Waals surface area contributed by atoms with Crippen LogP contribution in [-0.4, -0.2) is 37.9 Å². The molecule has 1 atom stereocenters. The second kappa shape index (κ2) is 5.47. The molecule has 1 heterocycles. The van der Waals surface area contributed by atoms with Gasteiger partial charge in [0.05, 0.1) is 0 Å². The van der Waals surface area contributed by atoms with E-state index in [1.165, 1.54) is 0 Å². The maximum Gasteiger partial charge on any atom is 0.383 e. The minimum absolute atomic E-state index is 0.00808. The Kier molecular flexibility index (Phi) is 4.52. The largest absolute Gasteiger partial charge is 0.383 e. The Morgan fingerprint density at radius 1 is 1.50 bits per heavy atom. The van der Waals surface area contributed by atoms with Gasteiger partial charge in [0.25, 0.3) is 5.91 Å². The van der Waals surface area contributed by atoms with Gasteiger partial charge in [-0.15, -0.1) is 0 Å². The van der Waals surface area contributed by atoms with E-state index in [4.69, 9.17) is 0 Å². The van der Waals surface area contributed by atoms with Gasteiger partial charge >= 0.3 is 12.3 Å². The fourth-order valence-corrected chi connectivity index (χ4v) is 1.55. The fourth-order valence-electron chi connectivity index (χ4n) is 1.55. The molecule has 3 nitrogen and oxygen atoms in total. The summed E-state index contributed by atoms with van der Waals surface area (Å²) >= 11 is 0. The Bertz CT molecular complexity index is 242. The number of amides is 1. The summed E-state index contributed by atoms with van der Waals surface area (Å²) in [7, 11) is 0. The molecule has 1 aliphatic heterocycles. The molecule has 0 aliphatic carbocycles. The molecule has 16 heavy (non-hydrogen) atoms. The summed E-state index contributed by atoms with van der Waals surface area (Å²) in [5.41, 5.74) is 0. The van der Waals surface area contributed by atoms with Crippen LogP contribution < -0.4 is 10.6 Å². The Balaban J connectivity index is 2.34. The highest BCUT2D eigenvalue weighted by Gasteiger charge is 2.48. The molecular weight excluding hydrogens is 228 g/mol. The highest BCUT2D eigenvalue weighted by molar-refractivity contribution is 5.83. The monoisotopic (exact) mass is 242 g/mol. The van der Waals surface area contributed by atoms with Crippen molar-refractivity contribution < 1.29 is 22.4 Å². The maximum absolute atomic E-state index is 12.5. The van der Waals surface area contributed by atoms with Crippen molar-refractivity contribution >= 4 is 5.91 Å². The molecule has 2 N–H and O–H groups in total. The molecule has 0 aromatic rings. The third-order valence-corrected chi connectivity index (χ3v) is 2.53. The molecule has 0 bridgehead atoms. The van der Waals surface area contributed by atoms with Crippen LogP contribution in [0, 0.1) is 5.92 Å². The molecule has 1 saturated heterocycles. The van der Waals surface area contributed by atoms with Crippen LogP contribution in [0.15, 0.2) is 0 Å². The maximum atomic E-state index is 12.5. The standard InChI is InChI=1S/C9H14F4N2O/c10-7(11)9(12,13)8(16)15-5-6-2-1-3-14-4-6/h6-7,14H,1-5H2,(H,15,16). The summed E-state index contributed by atoms with van der Waals surface area (Å²) < 4.78 is 48.6. The average Bonchev–Trinajstić information content (AvgIpc) is 2.27. The van der Waals surface area contributed by atoms with Gasteiger partial charge in [0, 0.05) is 6.54 Å². The van der Waals surface area contributed by atoms with E-state index in [1.54, 1.807) is 0 Å². The number of hydrogen-bond donors (Lipinski definition) is 2. The molecule has 1 amide bonds. The van der Waals surface area contributed by atoms with Gasteiger partial charge in [-0.25, -0.2) is 8.78 Å². The quantitative estimate of drug-likeness (QED) is 0.722. The highest BCUT2D eigenvalue weighted by atomic mass is 19.3.